The molecule has 0 radical (unpaired) electrons. The van der Waals surface area contributed by atoms with Crippen LogP contribution in [0.3, 0.4) is 0 Å². The molecule has 1 aliphatic heterocycles. The summed E-state index contributed by atoms with van der Waals surface area (Å²) in [7, 11) is -3.77. The second-order valence-electron chi connectivity index (χ2n) is 9.61. The van der Waals surface area contributed by atoms with Crippen molar-refractivity contribution in [1.29, 1.82) is 0 Å². The van der Waals surface area contributed by atoms with Crippen LogP contribution in [0.4, 0.5) is 0 Å². The highest BCUT2D eigenvalue weighted by molar-refractivity contribution is 7.93. The topological polar surface area (TPSA) is 120 Å². The van der Waals surface area contributed by atoms with Crippen molar-refractivity contribution in [2.45, 2.75) is 39.1 Å². The molecular weight excluding hydrogens is 554 g/mol. The molecule has 11 nitrogen and oxygen atoms in total. The molecule has 0 spiro atoms. The summed E-state index contributed by atoms with van der Waals surface area (Å²) < 4.78 is 51.3. The number of nitrogens with zero attached hydrogens (tertiary/aromatic N) is 5. The Kier molecular flexibility index (Phi) is 7.91. The fraction of sp³-hybridized carbons (Fsp3) is 0.370. The van der Waals surface area contributed by atoms with Crippen LogP contribution in [0.5, 0.6) is 11.5 Å². The standard InChI is InChI=1S/C27H31N5O6S2/c1-18(2)32-26(28-19(3)30-32)23-16-31-13-14-35-24-15-21(11-12-22(24)25(31)29-23)37-27(38-39-4,17-36-40(5,33)34)20-9-7-6-8-10-20/h6-12,15-16,18H,13-14,17H2,1-5H3. The number of hydrogen-bond donors (Lipinski definition) is 0. The summed E-state index contributed by atoms with van der Waals surface area (Å²) in [4.78, 5) is 9.54. The third kappa shape index (κ3) is 5.87. The monoisotopic (exact) mass is 585 g/mol. The third-order valence-corrected chi connectivity index (χ3v) is 7.17. The van der Waals surface area contributed by atoms with Gasteiger partial charge in [-0.05, 0) is 44.9 Å². The summed E-state index contributed by atoms with van der Waals surface area (Å²) >= 11 is 1.04. The molecule has 0 saturated carbocycles. The normalized spacial score (nSPS) is 14.7. The van der Waals surface area contributed by atoms with Crippen LogP contribution < -0.4 is 9.47 Å². The Bertz CT molecular complexity index is 1600. The van der Waals surface area contributed by atoms with Gasteiger partial charge in [0, 0.05) is 30.1 Å². The number of aryl methyl sites for hydroxylation is 1. The van der Waals surface area contributed by atoms with Gasteiger partial charge in [0.1, 0.15) is 42.1 Å². The highest BCUT2D eigenvalue weighted by Crippen LogP contribution is 2.40. The van der Waals surface area contributed by atoms with Gasteiger partial charge in [0.2, 0.25) is 0 Å². The van der Waals surface area contributed by atoms with Crippen LogP contribution in [0.1, 0.15) is 31.3 Å². The van der Waals surface area contributed by atoms with E-state index in [1.165, 1.54) is 0 Å². The maximum atomic E-state index is 11.9. The van der Waals surface area contributed by atoms with Crippen LogP contribution in [0.15, 0.2) is 54.7 Å². The van der Waals surface area contributed by atoms with Crippen molar-refractivity contribution in [2.75, 3.05) is 25.7 Å². The van der Waals surface area contributed by atoms with Crippen molar-refractivity contribution in [1.82, 2.24) is 24.3 Å². The minimum atomic E-state index is -3.77. The molecule has 1 aliphatic rings. The Labute approximate surface area is 237 Å². The van der Waals surface area contributed by atoms with Crippen LogP contribution in [-0.4, -0.2) is 58.5 Å². The first-order chi connectivity index (χ1) is 19.1. The van der Waals surface area contributed by atoms with Crippen LogP contribution in [0, 0.1) is 6.92 Å². The Morgan fingerprint density at radius 3 is 2.60 bits per heavy atom. The summed E-state index contributed by atoms with van der Waals surface area (Å²) in [6.45, 7) is 6.59. The second kappa shape index (κ2) is 11.2. The highest BCUT2D eigenvalue weighted by Gasteiger charge is 2.39. The van der Waals surface area contributed by atoms with Gasteiger partial charge in [-0.2, -0.15) is 13.5 Å². The van der Waals surface area contributed by atoms with Crippen molar-refractivity contribution >= 4 is 22.2 Å². The molecule has 0 N–H and O–H groups in total. The van der Waals surface area contributed by atoms with Crippen molar-refractivity contribution in [3.63, 3.8) is 0 Å². The molecule has 212 valence electrons. The lowest BCUT2D eigenvalue weighted by molar-refractivity contribution is -0.134. The number of fused-ring (bicyclic) bond motifs is 3. The fourth-order valence-electron chi connectivity index (χ4n) is 4.46. The van der Waals surface area contributed by atoms with Gasteiger partial charge in [0.05, 0.1) is 18.4 Å². The van der Waals surface area contributed by atoms with Gasteiger partial charge in [0.15, 0.2) is 5.82 Å². The predicted octanol–water partition coefficient (Wildman–Crippen LogP) is 4.59. The summed E-state index contributed by atoms with van der Waals surface area (Å²) in [6.07, 6.45) is 4.68. The van der Waals surface area contributed by atoms with E-state index in [-0.39, 0.29) is 6.04 Å². The number of aromatic nitrogens is 5. The maximum absolute atomic E-state index is 11.9. The first-order valence-electron chi connectivity index (χ1n) is 12.7. The minimum Gasteiger partial charge on any atom is -0.491 e. The van der Waals surface area contributed by atoms with Crippen molar-refractivity contribution in [3.8, 4) is 34.4 Å². The first-order valence-corrected chi connectivity index (χ1v) is 15.6. The molecule has 4 aromatic rings. The quantitative estimate of drug-likeness (QED) is 0.148. The summed E-state index contributed by atoms with van der Waals surface area (Å²) in [6, 6.07) is 14.6. The zero-order valence-corrected chi connectivity index (χ0v) is 24.5. The van der Waals surface area contributed by atoms with Crippen LogP contribution in [-0.2, 0) is 30.8 Å². The molecule has 2 aromatic heterocycles. The molecule has 0 saturated heterocycles. The molecule has 40 heavy (non-hydrogen) atoms. The Morgan fingerprint density at radius 2 is 1.90 bits per heavy atom. The van der Waals surface area contributed by atoms with E-state index in [0.717, 1.165) is 35.4 Å². The van der Waals surface area contributed by atoms with E-state index in [4.69, 9.17) is 22.8 Å². The van der Waals surface area contributed by atoms with Crippen molar-refractivity contribution in [3.05, 3.63) is 66.1 Å². The van der Waals surface area contributed by atoms with E-state index < -0.39 is 22.5 Å². The van der Waals surface area contributed by atoms with E-state index >= 15 is 0 Å². The Balaban J connectivity index is 1.52. The largest absolute Gasteiger partial charge is 0.491 e. The number of ether oxygens (including phenoxy) is 2. The van der Waals surface area contributed by atoms with Crippen LogP contribution in [0.2, 0.25) is 0 Å². The molecule has 0 amide bonds. The molecule has 1 unspecified atom stereocenters. The van der Waals surface area contributed by atoms with Gasteiger partial charge in [-0.25, -0.2) is 14.6 Å². The number of benzene rings is 2. The predicted molar refractivity (Wildman–Crippen MR) is 151 cm³/mol. The molecule has 5 rings (SSSR count). The van der Waals surface area contributed by atoms with E-state index in [2.05, 4.69) is 23.9 Å². The molecule has 1 atom stereocenters. The molecule has 0 bridgehead atoms. The highest BCUT2D eigenvalue weighted by atomic mass is 32.2. The first kappa shape index (κ1) is 28.1. The molecule has 0 aliphatic carbocycles. The molecule has 0 fully saturated rings. The average molecular weight is 586 g/mol. The Morgan fingerprint density at radius 1 is 1.12 bits per heavy atom. The number of imidazole rings is 1. The minimum absolute atomic E-state index is 0.132. The number of hydrogen-bond acceptors (Lipinski definition) is 10. The second-order valence-corrected chi connectivity index (χ2v) is 11.8. The zero-order valence-electron chi connectivity index (χ0n) is 22.9. The van der Waals surface area contributed by atoms with Crippen molar-refractivity contribution < 1.29 is 26.3 Å². The summed E-state index contributed by atoms with van der Waals surface area (Å²) in [5, 5.41) is 4.53. The van der Waals surface area contributed by atoms with E-state index in [9.17, 15) is 8.42 Å². The average Bonchev–Trinajstić information content (AvgIpc) is 3.47. The summed E-state index contributed by atoms with van der Waals surface area (Å²) in [5.74, 6) is 1.57. The van der Waals surface area contributed by atoms with E-state index in [0.29, 0.717) is 41.9 Å². The fourth-order valence-corrected chi connectivity index (χ4v) is 5.28. The van der Waals surface area contributed by atoms with Crippen LogP contribution >= 0.6 is 12.0 Å². The lowest BCUT2D eigenvalue weighted by Gasteiger charge is -2.32. The SMILES string of the molecule is CSOC(COS(C)(=O)=O)(Oc1ccc2c(c1)OCCn1cc(-c3nc(C)nn3C(C)C)nc1-2)c1ccccc1. The molecular formula is C27H31N5O6S2. The molecule has 3 heterocycles. The summed E-state index contributed by atoms with van der Waals surface area (Å²) in [5.41, 5.74) is 2.10. The lowest BCUT2D eigenvalue weighted by Crippen LogP contribution is -2.40. The van der Waals surface area contributed by atoms with Gasteiger partial charge in [-0.15, -0.1) is 0 Å². The van der Waals surface area contributed by atoms with E-state index in [1.807, 2.05) is 46.6 Å². The third-order valence-electron chi connectivity index (χ3n) is 6.19. The van der Waals surface area contributed by atoms with Gasteiger partial charge in [-0.1, -0.05) is 30.3 Å². The maximum Gasteiger partial charge on any atom is 0.273 e. The van der Waals surface area contributed by atoms with Gasteiger partial charge >= 0.3 is 0 Å². The van der Waals surface area contributed by atoms with E-state index in [1.54, 1.807) is 30.5 Å². The number of rotatable bonds is 10. The smallest absolute Gasteiger partial charge is 0.273 e. The van der Waals surface area contributed by atoms with Gasteiger partial charge in [-0.3, -0.25) is 8.37 Å². The Hall–Kier alpha value is -3.39. The zero-order chi connectivity index (χ0) is 28.5. The molecule has 13 heteroatoms. The molecule has 2 aromatic carbocycles. The van der Waals surface area contributed by atoms with Crippen molar-refractivity contribution in [2.24, 2.45) is 0 Å². The van der Waals surface area contributed by atoms with Gasteiger partial charge in [0.25, 0.3) is 15.9 Å². The lowest BCUT2D eigenvalue weighted by atomic mass is 10.1. The van der Waals surface area contributed by atoms with Gasteiger partial charge < -0.3 is 14.0 Å². The van der Waals surface area contributed by atoms with Crippen LogP contribution in [0.25, 0.3) is 22.9 Å².